The van der Waals surface area contributed by atoms with Gasteiger partial charge in [0.25, 0.3) is 5.69 Å². The number of hydrogen-bond acceptors (Lipinski definition) is 5. The van der Waals surface area contributed by atoms with E-state index in [0.717, 1.165) is 5.56 Å². The van der Waals surface area contributed by atoms with Gasteiger partial charge in [0.05, 0.1) is 17.1 Å². The number of rotatable bonds is 4. The van der Waals surface area contributed by atoms with E-state index in [1.54, 1.807) is 12.1 Å². The Morgan fingerprint density at radius 1 is 1.27 bits per heavy atom. The Hall–Kier alpha value is -3.13. The van der Waals surface area contributed by atoms with Gasteiger partial charge in [-0.05, 0) is 30.7 Å². The van der Waals surface area contributed by atoms with Gasteiger partial charge in [0.15, 0.2) is 0 Å². The molecular formula is C17H16ClN3O5. The Morgan fingerprint density at radius 3 is 2.58 bits per heavy atom. The van der Waals surface area contributed by atoms with Crippen LogP contribution in [0, 0.1) is 17.0 Å². The summed E-state index contributed by atoms with van der Waals surface area (Å²) in [5.41, 5.74) is 0.685. The van der Waals surface area contributed by atoms with Crippen LogP contribution in [0.2, 0.25) is 5.02 Å². The zero-order chi connectivity index (χ0) is 19.3. The molecule has 0 aliphatic carbocycles. The molecule has 0 saturated carbocycles. The van der Waals surface area contributed by atoms with Crippen LogP contribution < -0.4 is 10.1 Å². The van der Waals surface area contributed by atoms with Crippen molar-refractivity contribution in [1.82, 2.24) is 5.32 Å². The Labute approximate surface area is 154 Å². The first-order valence-electron chi connectivity index (χ1n) is 7.43. The molecule has 2 aromatic carbocycles. The zero-order valence-corrected chi connectivity index (χ0v) is 15.0. The largest absolute Gasteiger partial charge is 0.480 e. The zero-order valence-electron chi connectivity index (χ0n) is 14.3. The number of amides is 2. The van der Waals surface area contributed by atoms with Crippen LogP contribution in [0.4, 0.5) is 10.5 Å². The molecule has 0 fully saturated rings. The molecule has 26 heavy (non-hydrogen) atoms. The average Bonchev–Trinajstić information content (AvgIpc) is 2.61. The molecule has 2 aromatic rings. The van der Waals surface area contributed by atoms with Gasteiger partial charge in [0.1, 0.15) is 17.1 Å². The van der Waals surface area contributed by atoms with Crippen molar-refractivity contribution in [3.05, 3.63) is 62.7 Å². The highest BCUT2D eigenvalue weighted by atomic mass is 35.5. The molecule has 0 aliphatic heterocycles. The molecule has 0 saturated heterocycles. The van der Waals surface area contributed by atoms with Crippen molar-refractivity contribution in [2.24, 2.45) is 4.99 Å². The van der Waals surface area contributed by atoms with Crippen molar-refractivity contribution < 1.29 is 19.2 Å². The summed E-state index contributed by atoms with van der Waals surface area (Å²) in [6.45, 7) is 1.89. The Balaban J connectivity index is 2.49. The fourth-order valence-corrected chi connectivity index (χ4v) is 2.36. The molecule has 0 atom stereocenters. The number of nitrogens with one attached hydrogen (secondary N) is 1. The smallest absolute Gasteiger partial charge is 0.343 e. The second-order valence-electron chi connectivity index (χ2n) is 5.15. The molecule has 0 bridgehead atoms. The van der Waals surface area contributed by atoms with Gasteiger partial charge in [-0.25, -0.2) is 4.79 Å². The minimum Gasteiger partial charge on any atom is -0.480 e. The minimum absolute atomic E-state index is 0.00170. The van der Waals surface area contributed by atoms with Gasteiger partial charge in [-0.2, -0.15) is 4.99 Å². The number of benzene rings is 2. The molecule has 0 aliphatic rings. The van der Waals surface area contributed by atoms with Crippen molar-refractivity contribution in [2.45, 2.75) is 6.92 Å². The van der Waals surface area contributed by atoms with Crippen LogP contribution in [0.25, 0.3) is 0 Å². The minimum atomic E-state index is -0.705. The maximum atomic E-state index is 11.5. The summed E-state index contributed by atoms with van der Waals surface area (Å²) in [7, 11) is 2.64. The van der Waals surface area contributed by atoms with E-state index >= 15 is 0 Å². The van der Waals surface area contributed by atoms with E-state index in [1.165, 1.54) is 32.4 Å². The third-order valence-corrected chi connectivity index (χ3v) is 3.62. The lowest BCUT2D eigenvalue weighted by Gasteiger charge is -2.11. The van der Waals surface area contributed by atoms with Gasteiger partial charge in [0, 0.05) is 19.2 Å². The maximum absolute atomic E-state index is 11.5. The lowest BCUT2D eigenvalue weighted by Crippen LogP contribution is -2.17. The normalized spacial score (nSPS) is 11.0. The predicted octanol–water partition coefficient (Wildman–Crippen LogP) is 4.08. The number of nitro benzene ring substituents is 1. The number of aliphatic imine (C=N–C) groups is 1. The first-order valence-corrected chi connectivity index (χ1v) is 7.80. The van der Waals surface area contributed by atoms with E-state index < -0.39 is 11.0 Å². The molecule has 2 amide bonds. The highest BCUT2D eigenvalue weighted by Crippen LogP contribution is 2.32. The quantitative estimate of drug-likeness (QED) is 0.374. The Kier molecular flexibility index (Phi) is 6.13. The van der Waals surface area contributed by atoms with Crippen molar-refractivity contribution >= 4 is 29.2 Å². The SMILES string of the molecule is CNC(=O)N=C(OC)c1cc(Oc2ccc(C)cc2Cl)ccc1[N+](=O)[O-]. The topological polar surface area (TPSA) is 103 Å². The van der Waals surface area contributed by atoms with Gasteiger partial charge in [-0.15, -0.1) is 0 Å². The number of methoxy groups -OCH3 is 1. The van der Waals surface area contributed by atoms with E-state index in [2.05, 4.69) is 10.3 Å². The molecule has 0 radical (unpaired) electrons. The summed E-state index contributed by atoms with van der Waals surface area (Å²) in [4.78, 5) is 25.8. The van der Waals surface area contributed by atoms with E-state index in [9.17, 15) is 14.9 Å². The highest BCUT2D eigenvalue weighted by Gasteiger charge is 2.21. The van der Waals surface area contributed by atoms with Gasteiger partial charge in [-0.1, -0.05) is 17.7 Å². The van der Waals surface area contributed by atoms with Crippen molar-refractivity contribution in [3.63, 3.8) is 0 Å². The van der Waals surface area contributed by atoms with Crippen LogP contribution in [-0.2, 0) is 4.74 Å². The van der Waals surface area contributed by atoms with Gasteiger partial charge in [-0.3, -0.25) is 10.1 Å². The molecule has 136 valence electrons. The van der Waals surface area contributed by atoms with Gasteiger partial charge >= 0.3 is 6.03 Å². The van der Waals surface area contributed by atoms with Crippen LogP contribution in [0.3, 0.4) is 0 Å². The van der Waals surface area contributed by atoms with Gasteiger partial charge in [0.2, 0.25) is 5.90 Å². The van der Waals surface area contributed by atoms with Crippen LogP contribution in [0.1, 0.15) is 11.1 Å². The molecule has 9 heteroatoms. The maximum Gasteiger partial charge on any atom is 0.343 e. The molecule has 8 nitrogen and oxygen atoms in total. The number of carbonyl (C=O) groups is 1. The summed E-state index contributed by atoms with van der Waals surface area (Å²) < 4.78 is 10.7. The van der Waals surface area contributed by atoms with Crippen molar-refractivity contribution in [3.8, 4) is 11.5 Å². The Morgan fingerprint density at radius 2 is 2.00 bits per heavy atom. The predicted molar refractivity (Wildman–Crippen MR) is 97.4 cm³/mol. The molecule has 0 heterocycles. The summed E-state index contributed by atoms with van der Waals surface area (Å²) in [5, 5.41) is 14.0. The van der Waals surface area contributed by atoms with Crippen molar-refractivity contribution in [1.29, 1.82) is 0 Å². The second kappa shape index (κ2) is 8.30. The number of nitrogens with zero attached hydrogens (tertiary/aromatic N) is 2. The fraction of sp³-hybridized carbons (Fsp3) is 0.176. The Bertz CT molecular complexity index is 883. The third kappa shape index (κ3) is 4.48. The first-order chi connectivity index (χ1) is 12.3. The number of ether oxygens (including phenoxy) is 2. The monoisotopic (exact) mass is 377 g/mol. The van der Waals surface area contributed by atoms with Crippen LogP contribution in [-0.4, -0.2) is 31.0 Å². The summed E-state index contributed by atoms with van der Waals surface area (Å²) in [5.74, 6) is 0.453. The number of urea groups is 1. The lowest BCUT2D eigenvalue weighted by atomic mass is 10.1. The lowest BCUT2D eigenvalue weighted by molar-refractivity contribution is -0.385. The molecule has 2 rings (SSSR count). The standard InChI is InChI=1S/C17H16ClN3O5/c1-10-4-7-15(13(18)8-10)26-11-5-6-14(21(23)24)12(9-11)16(25-3)20-17(22)19-2/h4-9H,1-3H3,(H,19,22). The van der Waals surface area contributed by atoms with Crippen LogP contribution in [0.15, 0.2) is 41.4 Å². The molecule has 0 aromatic heterocycles. The summed E-state index contributed by atoms with van der Waals surface area (Å²) in [6, 6.07) is 8.56. The molecular weight excluding hydrogens is 362 g/mol. The summed E-state index contributed by atoms with van der Waals surface area (Å²) >= 11 is 6.14. The number of halogens is 1. The van der Waals surface area contributed by atoms with E-state index in [0.29, 0.717) is 10.8 Å². The van der Waals surface area contributed by atoms with Crippen LogP contribution in [0.5, 0.6) is 11.5 Å². The number of carbonyl (C=O) groups excluding carboxylic acids is 1. The summed E-state index contributed by atoms with van der Waals surface area (Å²) in [6.07, 6.45) is 0. The number of aryl methyl sites for hydroxylation is 1. The number of hydrogen-bond donors (Lipinski definition) is 1. The van der Waals surface area contributed by atoms with E-state index in [4.69, 9.17) is 21.1 Å². The van der Waals surface area contributed by atoms with Crippen molar-refractivity contribution in [2.75, 3.05) is 14.2 Å². The first kappa shape index (κ1) is 19.2. The third-order valence-electron chi connectivity index (χ3n) is 3.32. The highest BCUT2D eigenvalue weighted by molar-refractivity contribution is 6.32. The van der Waals surface area contributed by atoms with E-state index in [-0.39, 0.29) is 22.9 Å². The van der Waals surface area contributed by atoms with Gasteiger partial charge < -0.3 is 14.8 Å². The van der Waals surface area contributed by atoms with E-state index in [1.807, 2.05) is 13.0 Å². The fourth-order valence-electron chi connectivity index (χ4n) is 2.09. The van der Waals surface area contributed by atoms with Crippen LogP contribution >= 0.6 is 11.6 Å². The average molecular weight is 378 g/mol. The number of nitro groups is 1. The second-order valence-corrected chi connectivity index (χ2v) is 5.56. The molecule has 1 N–H and O–H groups in total. The molecule has 0 unspecified atom stereocenters. The molecule has 0 spiro atoms.